The van der Waals surface area contributed by atoms with Gasteiger partial charge in [0, 0.05) is 26.2 Å². The van der Waals surface area contributed by atoms with Crippen LogP contribution in [0.2, 0.25) is 10.0 Å². The molecule has 3 nitrogen and oxygen atoms in total. The molecule has 1 amide bonds. The summed E-state index contributed by atoms with van der Waals surface area (Å²) in [6.45, 7) is 3.20. The summed E-state index contributed by atoms with van der Waals surface area (Å²) in [6, 6.07) is 5.12. The number of carbonyl (C=O) groups excluding carboxylic acids is 1. The van der Waals surface area contributed by atoms with E-state index in [9.17, 15) is 4.79 Å². The van der Waals surface area contributed by atoms with Crippen molar-refractivity contribution in [3.63, 3.8) is 0 Å². The van der Waals surface area contributed by atoms with Gasteiger partial charge in [-0.15, -0.1) is 0 Å². The van der Waals surface area contributed by atoms with Crippen molar-refractivity contribution in [1.82, 2.24) is 9.80 Å². The average Bonchev–Trinajstić information content (AvgIpc) is 2.29. The molecule has 2 rings (SSSR count). The molecule has 0 saturated carbocycles. The maximum absolute atomic E-state index is 12.3. The third-order valence-corrected chi connectivity index (χ3v) is 3.60. The molecule has 1 aromatic carbocycles. The molecule has 1 aliphatic rings. The van der Waals surface area contributed by atoms with Gasteiger partial charge in [-0.1, -0.05) is 29.3 Å². The van der Waals surface area contributed by atoms with Gasteiger partial charge in [-0.2, -0.15) is 0 Å². The molecule has 1 saturated heterocycles. The molecular formula is C12H14Cl2N2O. The SMILES string of the molecule is CN1CCN(C(=O)c2c(Cl)cccc2Cl)CC1. The summed E-state index contributed by atoms with van der Waals surface area (Å²) in [5, 5.41) is 0.836. The summed E-state index contributed by atoms with van der Waals surface area (Å²) in [6.07, 6.45) is 0. The lowest BCUT2D eigenvalue weighted by Crippen LogP contribution is -2.47. The highest BCUT2D eigenvalue weighted by molar-refractivity contribution is 6.39. The molecule has 0 aromatic heterocycles. The van der Waals surface area contributed by atoms with Gasteiger partial charge in [0.05, 0.1) is 15.6 Å². The fraction of sp³-hybridized carbons (Fsp3) is 0.417. The number of nitrogens with zero attached hydrogens (tertiary/aromatic N) is 2. The van der Waals surface area contributed by atoms with Crippen molar-refractivity contribution in [3.8, 4) is 0 Å². The van der Waals surface area contributed by atoms with E-state index >= 15 is 0 Å². The molecule has 0 radical (unpaired) electrons. The van der Waals surface area contributed by atoms with Crippen LogP contribution in [-0.4, -0.2) is 48.9 Å². The van der Waals surface area contributed by atoms with Crippen LogP contribution >= 0.6 is 23.2 Å². The molecule has 0 aliphatic carbocycles. The molecule has 92 valence electrons. The molecule has 17 heavy (non-hydrogen) atoms. The first-order valence-electron chi connectivity index (χ1n) is 5.51. The highest BCUT2D eigenvalue weighted by atomic mass is 35.5. The molecular weight excluding hydrogens is 259 g/mol. The van der Waals surface area contributed by atoms with E-state index in [1.807, 2.05) is 7.05 Å². The standard InChI is InChI=1S/C12H14Cl2N2O/c1-15-5-7-16(8-6-15)12(17)11-9(13)3-2-4-10(11)14/h2-4H,5-8H2,1H3. The van der Waals surface area contributed by atoms with Gasteiger partial charge >= 0.3 is 0 Å². The molecule has 0 bridgehead atoms. The lowest BCUT2D eigenvalue weighted by atomic mass is 10.2. The van der Waals surface area contributed by atoms with Crippen molar-refractivity contribution in [2.45, 2.75) is 0 Å². The van der Waals surface area contributed by atoms with Crippen LogP contribution in [0.4, 0.5) is 0 Å². The minimum atomic E-state index is -0.0753. The highest BCUT2D eigenvalue weighted by Gasteiger charge is 2.23. The molecule has 1 heterocycles. The number of benzene rings is 1. The molecule has 0 spiro atoms. The van der Waals surface area contributed by atoms with E-state index in [0.29, 0.717) is 15.6 Å². The molecule has 1 aliphatic heterocycles. The second-order valence-electron chi connectivity index (χ2n) is 4.19. The van der Waals surface area contributed by atoms with E-state index in [-0.39, 0.29) is 5.91 Å². The van der Waals surface area contributed by atoms with Crippen LogP contribution < -0.4 is 0 Å². The van der Waals surface area contributed by atoms with E-state index in [4.69, 9.17) is 23.2 Å². The van der Waals surface area contributed by atoms with Gasteiger partial charge in [0.2, 0.25) is 0 Å². The molecule has 1 fully saturated rings. The number of likely N-dealkylation sites (N-methyl/N-ethyl adjacent to an activating group) is 1. The van der Waals surface area contributed by atoms with Gasteiger partial charge in [-0.25, -0.2) is 0 Å². The normalized spacial score (nSPS) is 17.2. The van der Waals surface area contributed by atoms with Crippen LogP contribution in [0.5, 0.6) is 0 Å². The van der Waals surface area contributed by atoms with E-state index in [0.717, 1.165) is 26.2 Å². The average molecular weight is 273 g/mol. The van der Waals surface area contributed by atoms with Crippen molar-refractivity contribution in [2.24, 2.45) is 0 Å². The lowest BCUT2D eigenvalue weighted by molar-refractivity contribution is 0.0664. The van der Waals surface area contributed by atoms with Crippen LogP contribution in [0.25, 0.3) is 0 Å². The number of hydrogen-bond donors (Lipinski definition) is 0. The zero-order chi connectivity index (χ0) is 12.4. The van der Waals surface area contributed by atoms with Gasteiger partial charge in [0.15, 0.2) is 0 Å². The number of piperazine rings is 1. The summed E-state index contributed by atoms with van der Waals surface area (Å²) in [4.78, 5) is 16.3. The minimum Gasteiger partial charge on any atom is -0.336 e. The van der Waals surface area contributed by atoms with Crippen LogP contribution in [0.15, 0.2) is 18.2 Å². The monoisotopic (exact) mass is 272 g/mol. The predicted molar refractivity (Wildman–Crippen MR) is 69.9 cm³/mol. The number of halogens is 2. The highest BCUT2D eigenvalue weighted by Crippen LogP contribution is 2.25. The second kappa shape index (κ2) is 5.25. The quantitative estimate of drug-likeness (QED) is 0.784. The number of carbonyl (C=O) groups is 1. The summed E-state index contributed by atoms with van der Waals surface area (Å²) >= 11 is 12.1. The number of amides is 1. The lowest BCUT2D eigenvalue weighted by Gasteiger charge is -2.32. The maximum atomic E-state index is 12.3. The third-order valence-electron chi connectivity index (χ3n) is 2.97. The van der Waals surface area contributed by atoms with Crippen LogP contribution in [-0.2, 0) is 0 Å². The van der Waals surface area contributed by atoms with E-state index in [1.54, 1.807) is 23.1 Å². The van der Waals surface area contributed by atoms with Crippen molar-refractivity contribution in [1.29, 1.82) is 0 Å². The van der Waals surface area contributed by atoms with Gasteiger partial charge in [0.1, 0.15) is 0 Å². The first-order valence-corrected chi connectivity index (χ1v) is 6.27. The Balaban J connectivity index is 2.20. The zero-order valence-electron chi connectivity index (χ0n) is 9.62. The Kier molecular flexibility index (Phi) is 3.92. The predicted octanol–water partition coefficient (Wildman–Crippen LogP) is 2.38. The first kappa shape index (κ1) is 12.7. The largest absolute Gasteiger partial charge is 0.336 e. The van der Waals surface area contributed by atoms with Crippen molar-refractivity contribution >= 4 is 29.1 Å². The van der Waals surface area contributed by atoms with Gasteiger partial charge in [-0.3, -0.25) is 4.79 Å². The maximum Gasteiger partial charge on any atom is 0.256 e. The smallest absolute Gasteiger partial charge is 0.256 e. The summed E-state index contributed by atoms with van der Waals surface area (Å²) in [5.41, 5.74) is 0.417. The van der Waals surface area contributed by atoms with Gasteiger partial charge in [0.25, 0.3) is 5.91 Å². The number of rotatable bonds is 1. The van der Waals surface area contributed by atoms with Crippen LogP contribution in [0.3, 0.4) is 0 Å². The Morgan fingerprint density at radius 2 is 1.65 bits per heavy atom. The van der Waals surface area contributed by atoms with Crippen molar-refractivity contribution < 1.29 is 4.79 Å². The summed E-state index contributed by atoms with van der Waals surface area (Å²) in [5.74, 6) is -0.0753. The summed E-state index contributed by atoms with van der Waals surface area (Å²) in [7, 11) is 2.05. The molecule has 5 heteroatoms. The topological polar surface area (TPSA) is 23.6 Å². The van der Waals surface area contributed by atoms with Gasteiger partial charge < -0.3 is 9.80 Å². The van der Waals surface area contributed by atoms with Crippen molar-refractivity contribution in [2.75, 3.05) is 33.2 Å². The minimum absolute atomic E-state index is 0.0753. The van der Waals surface area contributed by atoms with E-state index < -0.39 is 0 Å². The first-order chi connectivity index (χ1) is 8.09. The molecule has 0 atom stereocenters. The van der Waals surface area contributed by atoms with Gasteiger partial charge in [-0.05, 0) is 19.2 Å². The van der Waals surface area contributed by atoms with E-state index in [1.165, 1.54) is 0 Å². The summed E-state index contributed by atoms with van der Waals surface area (Å²) < 4.78 is 0. The Morgan fingerprint density at radius 1 is 1.12 bits per heavy atom. The Morgan fingerprint density at radius 3 is 2.18 bits per heavy atom. The number of hydrogen-bond acceptors (Lipinski definition) is 2. The fourth-order valence-corrected chi connectivity index (χ4v) is 2.43. The zero-order valence-corrected chi connectivity index (χ0v) is 11.1. The van der Waals surface area contributed by atoms with Crippen molar-refractivity contribution in [3.05, 3.63) is 33.8 Å². The fourth-order valence-electron chi connectivity index (χ4n) is 1.87. The third kappa shape index (κ3) is 2.73. The Bertz CT molecular complexity index is 408. The Hall–Kier alpha value is -0.770. The molecule has 0 N–H and O–H groups in total. The van der Waals surface area contributed by atoms with Crippen LogP contribution in [0.1, 0.15) is 10.4 Å². The molecule has 0 unspecified atom stereocenters. The van der Waals surface area contributed by atoms with E-state index in [2.05, 4.69) is 4.90 Å². The second-order valence-corrected chi connectivity index (χ2v) is 5.01. The molecule has 1 aromatic rings. The van der Waals surface area contributed by atoms with Crippen LogP contribution in [0, 0.1) is 0 Å². The Labute approximate surface area is 111 Å².